The van der Waals surface area contributed by atoms with Crippen molar-refractivity contribution in [2.45, 2.75) is 32.6 Å². The second-order valence-corrected chi connectivity index (χ2v) is 5.38. The van der Waals surface area contributed by atoms with Crippen LogP contribution in [0, 0.1) is 10.1 Å². The second kappa shape index (κ2) is 6.13. The molecule has 1 aromatic carbocycles. The molecule has 0 spiro atoms. The minimum Gasteiger partial charge on any atom is -0.366 e. The Morgan fingerprint density at radius 3 is 2.73 bits per heavy atom. The fraction of sp³-hybridized carbons (Fsp3) is 0.467. The van der Waals surface area contributed by atoms with Gasteiger partial charge in [-0.1, -0.05) is 12.1 Å². The van der Waals surface area contributed by atoms with Crippen LogP contribution in [-0.2, 0) is 6.42 Å². The van der Waals surface area contributed by atoms with Gasteiger partial charge in [0.1, 0.15) is 5.69 Å². The number of piperidine rings is 1. The number of benzene rings is 1. The van der Waals surface area contributed by atoms with Gasteiger partial charge in [-0.3, -0.25) is 10.1 Å². The van der Waals surface area contributed by atoms with Crippen LogP contribution in [0.5, 0.6) is 0 Å². The van der Waals surface area contributed by atoms with Crippen molar-refractivity contribution in [1.29, 1.82) is 0 Å². The molecule has 7 heteroatoms. The summed E-state index contributed by atoms with van der Waals surface area (Å²) in [5.41, 5.74) is 1.35. The van der Waals surface area contributed by atoms with Crippen LogP contribution < -0.4 is 4.90 Å². The predicted octanol–water partition coefficient (Wildman–Crippen LogP) is 3.20. The van der Waals surface area contributed by atoms with Gasteiger partial charge < -0.3 is 9.42 Å². The summed E-state index contributed by atoms with van der Waals surface area (Å²) in [6, 6.07) is 5.12. The molecule has 0 atom stereocenters. The first-order valence-corrected chi connectivity index (χ1v) is 7.55. The lowest BCUT2D eigenvalue weighted by Gasteiger charge is -2.28. The van der Waals surface area contributed by atoms with Crippen LogP contribution in [0.2, 0.25) is 0 Å². The molecule has 7 nitrogen and oxygen atoms in total. The Morgan fingerprint density at radius 2 is 2.09 bits per heavy atom. The van der Waals surface area contributed by atoms with Crippen molar-refractivity contribution in [3.05, 3.63) is 34.1 Å². The fourth-order valence-electron chi connectivity index (χ4n) is 2.72. The van der Waals surface area contributed by atoms with Crippen molar-refractivity contribution in [2.24, 2.45) is 0 Å². The van der Waals surface area contributed by atoms with Gasteiger partial charge in [0.25, 0.3) is 11.6 Å². The molecule has 1 saturated heterocycles. The molecule has 1 aliphatic rings. The van der Waals surface area contributed by atoms with Gasteiger partial charge in [-0.15, -0.1) is 0 Å². The van der Waals surface area contributed by atoms with E-state index in [1.165, 1.54) is 12.5 Å². The fourth-order valence-corrected chi connectivity index (χ4v) is 2.72. The van der Waals surface area contributed by atoms with Crippen molar-refractivity contribution in [3.8, 4) is 11.5 Å². The molecule has 0 amide bonds. The van der Waals surface area contributed by atoms with E-state index in [0.29, 0.717) is 29.4 Å². The van der Waals surface area contributed by atoms with Crippen LogP contribution >= 0.6 is 0 Å². The SMILES string of the molecule is CCc1noc(-c2ccc(N3CCCCC3)c([N+](=O)[O-])c2)n1. The molecule has 0 bridgehead atoms. The normalized spacial score (nSPS) is 15.0. The lowest BCUT2D eigenvalue weighted by Crippen LogP contribution is -2.29. The highest BCUT2D eigenvalue weighted by Gasteiger charge is 2.23. The molecular weight excluding hydrogens is 284 g/mol. The number of nitro benzene ring substituents is 1. The highest BCUT2D eigenvalue weighted by molar-refractivity contribution is 5.71. The van der Waals surface area contributed by atoms with Gasteiger partial charge in [0.05, 0.1) is 4.92 Å². The van der Waals surface area contributed by atoms with E-state index < -0.39 is 0 Å². The molecule has 2 heterocycles. The lowest BCUT2D eigenvalue weighted by molar-refractivity contribution is -0.384. The molecule has 0 radical (unpaired) electrons. The van der Waals surface area contributed by atoms with Crippen molar-refractivity contribution in [2.75, 3.05) is 18.0 Å². The average molecular weight is 302 g/mol. The zero-order valence-corrected chi connectivity index (χ0v) is 12.5. The molecule has 0 unspecified atom stereocenters. The molecular formula is C15H18N4O3. The summed E-state index contributed by atoms with van der Waals surface area (Å²) in [6.07, 6.45) is 3.99. The Morgan fingerprint density at radius 1 is 1.32 bits per heavy atom. The first kappa shape index (κ1) is 14.5. The summed E-state index contributed by atoms with van der Waals surface area (Å²) >= 11 is 0. The first-order chi connectivity index (χ1) is 10.7. The maximum Gasteiger partial charge on any atom is 0.293 e. The number of hydrogen-bond donors (Lipinski definition) is 0. The molecule has 1 aromatic heterocycles. The summed E-state index contributed by atoms with van der Waals surface area (Å²) < 4.78 is 5.16. The van der Waals surface area contributed by atoms with Crippen molar-refractivity contribution in [1.82, 2.24) is 10.1 Å². The minimum absolute atomic E-state index is 0.0932. The Bertz CT molecular complexity index is 677. The predicted molar refractivity (Wildman–Crippen MR) is 81.8 cm³/mol. The Kier molecular flexibility index (Phi) is 4.04. The minimum atomic E-state index is -0.343. The zero-order valence-electron chi connectivity index (χ0n) is 12.5. The lowest BCUT2D eigenvalue weighted by atomic mass is 10.1. The number of aryl methyl sites for hydroxylation is 1. The molecule has 2 aromatic rings. The standard InChI is InChI=1S/C15H18N4O3/c1-2-14-16-15(22-17-14)11-6-7-12(13(10-11)19(20)21)18-8-4-3-5-9-18/h6-7,10H,2-5,8-9H2,1H3. The number of aromatic nitrogens is 2. The molecule has 3 rings (SSSR count). The Hall–Kier alpha value is -2.44. The van der Waals surface area contributed by atoms with Gasteiger partial charge in [0.15, 0.2) is 5.82 Å². The summed E-state index contributed by atoms with van der Waals surface area (Å²) in [4.78, 5) is 17.4. The van der Waals surface area contributed by atoms with Crippen LogP contribution in [0.25, 0.3) is 11.5 Å². The third kappa shape index (κ3) is 2.79. The average Bonchev–Trinajstić information content (AvgIpc) is 3.04. The first-order valence-electron chi connectivity index (χ1n) is 7.55. The molecule has 0 saturated carbocycles. The van der Waals surface area contributed by atoms with E-state index in [1.54, 1.807) is 6.07 Å². The van der Waals surface area contributed by atoms with Gasteiger partial charge in [-0.25, -0.2) is 0 Å². The topological polar surface area (TPSA) is 85.3 Å². The van der Waals surface area contributed by atoms with Gasteiger partial charge >= 0.3 is 0 Å². The van der Waals surface area contributed by atoms with E-state index in [0.717, 1.165) is 25.9 Å². The van der Waals surface area contributed by atoms with Gasteiger partial charge in [-0.2, -0.15) is 4.98 Å². The maximum absolute atomic E-state index is 11.4. The van der Waals surface area contributed by atoms with E-state index in [2.05, 4.69) is 15.0 Å². The monoisotopic (exact) mass is 302 g/mol. The number of rotatable bonds is 4. The number of nitrogens with zero attached hydrogens (tertiary/aromatic N) is 4. The zero-order chi connectivity index (χ0) is 15.5. The van der Waals surface area contributed by atoms with Gasteiger partial charge in [0.2, 0.25) is 0 Å². The highest BCUT2D eigenvalue weighted by Crippen LogP contribution is 2.34. The quantitative estimate of drug-likeness (QED) is 0.637. The van der Waals surface area contributed by atoms with E-state index in [1.807, 2.05) is 13.0 Å². The smallest absolute Gasteiger partial charge is 0.293 e. The van der Waals surface area contributed by atoms with Crippen LogP contribution in [0.15, 0.2) is 22.7 Å². The van der Waals surface area contributed by atoms with Crippen LogP contribution in [0.3, 0.4) is 0 Å². The van der Waals surface area contributed by atoms with Gasteiger partial charge in [0, 0.05) is 31.1 Å². The molecule has 0 N–H and O–H groups in total. The van der Waals surface area contributed by atoms with Crippen molar-refractivity contribution >= 4 is 11.4 Å². The van der Waals surface area contributed by atoms with E-state index in [-0.39, 0.29) is 10.6 Å². The third-order valence-electron chi connectivity index (χ3n) is 3.90. The number of hydrogen-bond acceptors (Lipinski definition) is 6. The van der Waals surface area contributed by atoms with Crippen LogP contribution in [0.4, 0.5) is 11.4 Å². The summed E-state index contributed by atoms with van der Waals surface area (Å²) in [6.45, 7) is 3.65. The molecule has 0 aliphatic carbocycles. The van der Waals surface area contributed by atoms with E-state index in [9.17, 15) is 10.1 Å². The number of nitro groups is 1. The second-order valence-electron chi connectivity index (χ2n) is 5.38. The third-order valence-corrected chi connectivity index (χ3v) is 3.90. The highest BCUT2D eigenvalue weighted by atomic mass is 16.6. The van der Waals surface area contributed by atoms with Crippen LogP contribution in [0.1, 0.15) is 32.0 Å². The molecule has 116 valence electrons. The maximum atomic E-state index is 11.4. The van der Waals surface area contributed by atoms with E-state index >= 15 is 0 Å². The summed E-state index contributed by atoms with van der Waals surface area (Å²) in [7, 11) is 0. The van der Waals surface area contributed by atoms with E-state index in [4.69, 9.17) is 4.52 Å². The molecule has 1 aliphatic heterocycles. The Balaban J connectivity index is 1.97. The molecule has 1 fully saturated rings. The van der Waals surface area contributed by atoms with Crippen molar-refractivity contribution in [3.63, 3.8) is 0 Å². The van der Waals surface area contributed by atoms with Gasteiger partial charge in [-0.05, 0) is 31.4 Å². The largest absolute Gasteiger partial charge is 0.366 e. The van der Waals surface area contributed by atoms with Crippen molar-refractivity contribution < 1.29 is 9.45 Å². The van der Waals surface area contributed by atoms with Crippen LogP contribution in [-0.4, -0.2) is 28.2 Å². The Labute approximate surface area is 128 Å². The summed E-state index contributed by atoms with van der Waals surface area (Å²) in [5, 5.41) is 15.3. The number of anilines is 1. The molecule has 22 heavy (non-hydrogen) atoms. The summed E-state index contributed by atoms with van der Waals surface area (Å²) in [5.74, 6) is 0.919.